The van der Waals surface area contributed by atoms with E-state index in [4.69, 9.17) is 5.26 Å². The molecule has 0 heterocycles. The normalized spacial score (nSPS) is 13.4. The van der Waals surface area contributed by atoms with Crippen molar-refractivity contribution < 1.29 is 30.5 Å². The third-order valence-electron chi connectivity index (χ3n) is 3.17. The number of amides is 1. The fourth-order valence-corrected chi connectivity index (χ4v) is 3.70. The first-order valence-electron chi connectivity index (χ1n) is 6.96. The predicted molar refractivity (Wildman–Crippen MR) is 87.4 cm³/mol. The third-order valence-corrected chi connectivity index (χ3v) is 5.73. The minimum absolute atomic E-state index is 0.0132. The van der Waals surface area contributed by atoms with E-state index in [1.165, 1.54) is 49.4 Å². The van der Waals surface area contributed by atoms with Crippen LogP contribution in [0, 0.1) is 0 Å². The Morgan fingerprint density at radius 1 is 1.16 bits per heavy atom. The summed E-state index contributed by atoms with van der Waals surface area (Å²) >= 11 is -5.19. The molecule has 1 atom stereocenters. The van der Waals surface area contributed by atoms with Gasteiger partial charge in [-0.15, -0.1) is 0 Å². The van der Waals surface area contributed by atoms with E-state index in [1.54, 1.807) is 0 Å². The SMILES string of the molecule is CC(=O)Nc1cc(Nc2ccc(C(F)F)cc2)ccc1[As](=O)(O)OO. The number of alkyl halides is 2. The van der Waals surface area contributed by atoms with Crippen LogP contribution in [0.4, 0.5) is 25.8 Å². The Bertz CT molecular complexity index is 814. The molecule has 0 radical (unpaired) electrons. The van der Waals surface area contributed by atoms with Crippen molar-refractivity contribution in [2.24, 2.45) is 0 Å². The molecular formula is C15H15AsF2N2O5. The molecule has 0 aromatic heterocycles. The van der Waals surface area contributed by atoms with Crippen molar-refractivity contribution in [2.45, 2.75) is 13.3 Å². The molecule has 0 fully saturated rings. The molecule has 0 saturated carbocycles. The zero-order valence-electron chi connectivity index (χ0n) is 12.9. The van der Waals surface area contributed by atoms with Crippen molar-refractivity contribution in [3.63, 3.8) is 0 Å². The van der Waals surface area contributed by atoms with Gasteiger partial charge < -0.3 is 0 Å². The van der Waals surface area contributed by atoms with E-state index in [1.807, 2.05) is 0 Å². The molecule has 134 valence electrons. The summed E-state index contributed by atoms with van der Waals surface area (Å²) in [6.07, 6.45) is -2.57. The van der Waals surface area contributed by atoms with E-state index in [0.717, 1.165) is 0 Å². The third kappa shape index (κ3) is 4.90. The van der Waals surface area contributed by atoms with Gasteiger partial charge in [-0.2, -0.15) is 0 Å². The number of hydrogen-bond acceptors (Lipinski definition) is 5. The number of carbonyl (C=O) groups is 1. The van der Waals surface area contributed by atoms with Crippen molar-refractivity contribution in [1.82, 2.24) is 0 Å². The Morgan fingerprint density at radius 3 is 2.28 bits per heavy atom. The zero-order valence-corrected chi connectivity index (χ0v) is 14.8. The van der Waals surface area contributed by atoms with Crippen LogP contribution >= 0.6 is 0 Å². The first-order chi connectivity index (χ1) is 11.7. The van der Waals surface area contributed by atoms with Crippen molar-refractivity contribution in [3.05, 3.63) is 48.0 Å². The van der Waals surface area contributed by atoms with Crippen molar-refractivity contribution >= 4 is 41.5 Å². The fourth-order valence-electron chi connectivity index (χ4n) is 2.07. The Labute approximate surface area is 144 Å². The quantitative estimate of drug-likeness (QED) is 0.327. The molecule has 0 aliphatic rings. The molecule has 10 heteroatoms. The molecule has 0 spiro atoms. The summed E-state index contributed by atoms with van der Waals surface area (Å²) < 4.78 is 50.0. The van der Waals surface area contributed by atoms with Gasteiger partial charge in [0.05, 0.1) is 0 Å². The van der Waals surface area contributed by atoms with Crippen LogP contribution in [0.5, 0.6) is 0 Å². The second-order valence-electron chi connectivity index (χ2n) is 5.06. The predicted octanol–water partition coefficient (Wildman–Crippen LogP) is 2.38. The first kappa shape index (κ1) is 19.1. The van der Waals surface area contributed by atoms with Gasteiger partial charge in [0.2, 0.25) is 0 Å². The van der Waals surface area contributed by atoms with Gasteiger partial charge in [-0.25, -0.2) is 0 Å². The molecule has 0 bridgehead atoms. The monoisotopic (exact) mass is 416 g/mol. The number of nitrogens with one attached hydrogen (secondary N) is 2. The van der Waals surface area contributed by atoms with Crippen LogP contribution in [0.15, 0.2) is 42.5 Å². The minimum atomic E-state index is -5.19. The summed E-state index contributed by atoms with van der Waals surface area (Å²) in [7, 11) is 0. The molecule has 1 amide bonds. The summed E-state index contributed by atoms with van der Waals surface area (Å²) in [5.41, 5.74) is 0.789. The maximum atomic E-state index is 12.5. The second-order valence-corrected chi connectivity index (χ2v) is 8.60. The van der Waals surface area contributed by atoms with Gasteiger partial charge in [0.15, 0.2) is 0 Å². The number of anilines is 3. The molecule has 0 aliphatic carbocycles. The molecular weight excluding hydrogens is 401 g/mol. The Hall–Kier alpha value is -2.19. The molecule has 2 aromatic carbocycles. The molecule has 7 nitrogen and oxygen atoms in total. The van der Waals surface area contributed by atoms with Gasteiger partial charge in [-0.1, -0.05) is 0 Å². The van der Waals surface area contributed by atoms with Crippen LogP contribution < -0.4 is 15.0 Å². The van der Waals surface area contributed by atoms with Crippen LogP contribution in [0.1, 0.15) is 18.9 Å². The van der Waals surface area contributed by atoms with E-state index in [0.29, 0.717) is 11.4 Å². The van der Waals surface area contributed by atoms with E-state index < -0.39 is 26.5 Å². The standard InChI is InChI=1S/C15H15AsF2N2O5/c1-9(21)19-14-8-12(6-7-13(14)16(22,23)25-24)20-11-4-2-10(3-5-11)15(17)18/h2-8,15,20,24H,1H3,(H,19,21)(H,22,23). The molecule has 2 rings (SSSR count). The summed E-state index contributed by atoms with van der Waals surface area (Å²) in [5, 5.41) is 13.9. The average Bonchev–Trinajstić information content (AvgIpc) is 2.54. The van der Waals surface area contributed by atoms with Gasteiger partial charge in [0.1, 0.15) is 0 Å². The average molecular weight is 416 g/mol. The number of hydrogen-bond donors (Lipinski definition) is 4. The topological polar surface area (TPSA) is 108 Å². The van der Waals surface area contributed by atoms with Crippen LogP contribution in [0.25, 0.3) is 0 Å². The summed E-state index contributed by atoms with van der Waals surface area (Å²) in [6.45, 7) is 1.21. The van der Waals surface area contributed by atoms with Gasteiger partial charge in [0.25, 0.3) is 0 Å². The number of halogens is 2. The first-order valence-corrected chi connectivity index (χ1v) is 10.3. The van der Waals surface area contributed by atoms with Gasteiger partial charge >= 0.3 is 144 Å². The van der Waals surface area contributed by atoms with Crippen molar-refractivity contribution in [2.75, 3.05) is 10.6 Å². The van der Waals surface area contributed by atoms with Crippen LogP contribution in [0.3, 0.4) is 0 Å². The van der Waals surface area contributed by atoms with Crippen LogP contribution in [0.2, 0.25) is 0 Å². The van der Waals surface area contributed by atoms with Crippen LogP contribution in [-0.4, -0.2) is 29.4 Å². The molecule has 2 aromatic rings. The summed E-state index contributed by atoms with van der Waals surface area (Å²) in [4.78, 5) is 11.3. The fraction of sp³-hybridized carbons (Fsp3) is 0.133. The summed E-state index contributed by atoms with van der Waals surface area (Å²) in [5.74, 6) is -0.492. The summed E-state index contributed by atoms with van der Waals surface area (Å²) in [6, 6.07) is 9.43. The molecule has 0 saturated heterocycles. The Kier molecular flexibility index (Phi) is 5.97. The Balaban J connectivity index is 2.32. The number of benzene rings is 2. The van der Waals surface area contributed by atoms with Crippen molar-refractivity contribution in [1.29, 1.82) is 0 Å². The molecule has 1 unspecified atom stereocenters. The zero-order chi connectivity index (χ0) is 18.6. The van der Waals surface area contributed by atoms with Gasteiger partial charge in [-0.3, -0.25) is 0 Å². The molecule has 4 N–H and O–H groups in total. The Morgan fingerprint density at radius 2 is 1.76 bits per heavy atom. The van der Waals surface area contributed by atoms with E-state index in [2.05, 4.69) is 14.5 Å². The van der Waals surface area contributed by atoms with Crippen LogP contribution in [-0.2, 0) is 12.4 Å². The van der Waals surface area contributed by atoms with Crippen molar-refractivity contribution in [3.8, 4) is 0 Å². The number of rotatable bonds is 6. The molecule has 25 heavy (non-hydrogen) atoms. The molecule has 0 aliphatic heterocycles. The van der Waals surface area contributed by atoms with Gasteiger partial charge in [-0.05, 0) is 0 Å². The number of carbonyl (C=O) groups excluding carboxylic acids is 1. The second kappa shape index (κ2) is 7.79. The van der Waals surface area contributed by atoms with E-state index in [9.17, 15) is 21.4 Å². The van der Waals surface area contributed by atoms with E-state index in [-0.39, 0.29) is 15.6 Å². The van der Waals surface area contributed by atoms with E-state index >= 15 is 0 Å². The maximum absolute atomic E-state index is 12.5. The van der Waals surface area contributed by atoms with Gasteiger partial charge in [0, 0.05) is 0 Å².